The number of carboxylic acid groups (broad SMARTS) is 2. The molecule has 4 aliphatic carbocycles. The number of esters is 1. The molecule has 10 heteroatoms. The monoisotopic (exact) mass is 594 g/mol. The second kappa shape index (κ2) is 13.1. The molecule has 0 aromatic heterocycles. The number of carbonyl (C=O) groups excluding carboxylic acids is 2. The molecule has 10 nitrogen and oxygen atoms in total. The third-order valence-corrected chi connectivity index (χ3v) is 12.1. The lowest BCUT2D eigenvalue weighted by Gasteiger charge is -2.62. The first-order valence-corrected chi connectivity index (χ1v) is 15.9. The first kappa shape index (κ1) is 32.6. The van der Waals surface area contributed by atoms with Crippen LogP contribution in [0.25, 0.3) is 0 Å². The highest BCUT2D eigenvalue weighted by molar-refractivity contribution is 5.72. The highest BCUT2D eigenvalue weighted by Gasteiger charge is 2.63. The van der Waals surface area contributed by atoms with Crippen molar-refractivity contribution in [2.45, 2.75) is 117 Å². The van der Waals surface area contributed by atoms with E-state index in [2.05, 4.69) is 20.8 Å². The number of aliphatic hydroxyl groups is 1. The second-order valence-electron chi connectivity index (χ2n) is 14.3. The van der Waals surface area contributed by atoms with Crippen molar-refractivity contribution in [3.63, 3.8) is 0 Å². The Labute approximate surface area is 248 Å². The van der Waals surface area contributed by atoms with Crippen LogP contribution in [-0.4, -0.2) is 58.4 Å². The van der Waals surface area contributed by atoms with Crippen molar-refractivity contribution in [3.05, 3.63) is 0 Å². The van der Waals surface area contributed by atoms with Crippen LogP contribution in [0.4, 0.5) is 4.79 Å². The summed E-state index contributed by atoms with van der Waals surface area (Å²) in [5.41, 5.74) is 0.190. The molecule has 0 bridgehead atoms. The van der Waals surface area contributed by atoms with Crippen molar-refractivity contribution >= 4 is 24.1 Å². The average Bonchev–Trinajstić information content (AvgIpc) is 3.28. The van der Waals surface area contributed by atoms with E-state index in [1.165, 1.54) is 6.92 Å². The summed E-state index contributed by atoms with van der Waals surface area (Å²) in [4.78, 5) is 46.1. The maximum absolute atomic E-state index is 12.3. The van der Waals surface area contributed by atoms with Gasteiger partial charge in [-0.05, 0) is 111 Å². The molecule has 0 aliphatic heterocycles. The molecule has 4 fully saturated rings. The molecule has 3 N–H and O–H groups in total. The van der Waals surface area contributed by atoms with Gasteiger partial charge in [0.05, 0.1) is 12.0 Å². The van der Waals surface area contributed by atoms with Crippen molar-refractivity contribution in [2.24, 2.45) is 52.3 Å². The van der Waals surface area contributed by atoms with Crippen molar-refractivity contribution in [3.8, 4) is 0 Å². The van der Waals surface area contributed by atoms with E-state index in [0.717, 1.165) is 32.1 Å². The van der Waals surface area contributed by atoms with Crippen molar-refractivity contribution in [1.82, 2.24) is 0 Å². The molecule has 0 aromatic rings. The van der Waals surface area contributed by atoms with E-state index in [1.807, 2.05) is 0 Å². The summed E-state index contributed by atoms with van der Waals surface area (Å²) in [7, 11) is 0. The van der Waals surface area contributed by atoms with Crippen LogP contribution in [0.1, 0.15) is 105 Å². The van der Waals surface area contributed by atoms with Gasteiger partial charge < -0.3 is 29.5 Å². The van der Waals surface area contributed by atoms with Crippen LogP contribution in [0.2, 0.25) is 0 Å². The summed E-state index contributed by atoms with van der Waals surface area (Å²) in [6.45, 7) is 7.90. The van der Waals surface area contributed by atoms with Gasteiger partial charge in [-0.25, -0.2) is 4.79 Å². The molecule has 4 aliphatic rings. The van der Waals surface area contributed by atoms with Crippen LogP contribution < -0.4 is 0 Å². The lowest BCUT2D eigenvalue weighted by molar-refractivity contribution is -0.177. The Morgan fingerprint density at radius 1 is 0.857 bits per heavy atom. The zero-order valence-electron chi connectivity index (χ0n) is 25.6. The number of ether oxygens (including phenoxy) is 3. The van der Waals surface area contributed by atoms with Gasteiger partial charge in [-0.3, -0.25) is 14.4 Å². The van der Waals surface area contributed by atoms with Gasteiger partial charge in [-0.15, -0.1) is 0 Å². The van der Waals surface area contributed by atoms with E-state index in [4.69, 9.17) is 19.3 Å². The summed E-state index contributed by atoms with van der Waals surface area (Å²) in [6.07, 6.45) is 6.69. The highest BCUT2D eigenvalue weighted by Crippen LogP contribution is 2.68. The fourth-order valence-electron chi connectivity index (χ4n) is 9.66. The van der Waals surface area contributed by atoms with Gasteiger partial charge in [-0.1, -0.05) is 27.7 Å². The molecule has 4 saturated carbocycles. The van der Waals surface area contributed by atoms with Crippen molar-refractivity contribution < 1.29 is 48.7 Å². The lowest BCUT2D eigenvalue weighted by atomic mass is 9.43. The van der Waals surface area contributed by atoms with E-state index in [0.29, 0.717) is 49.4 Å². The third-order valence-electron chi connectivity index (χ3n) is 12.1. The zero-order chi connectivity index (χ0) is 30.8. The summed E-state index contributed by atoms with van der Waals surface area (Å²) >= 11 is 0. The van der Waals surface area contributed by atoms with E-state index in [1.54, 1.807) is 0 Å². The SMILES string of the molecule is CC(CCC(=O)OCOC(=O)O[C@@H]1CC[C@]2(C)C3CC[C@@]4(C)C(CCC4[C@H](C)CCC(=O)O)C3[C@@H](O)C[C@@H]2C1)C(=O)O. The lowest BCUT2D eigenvalue weighted by Crippen LogP contribution is -2.58. The molecular formula is C32H50O10. The standard InChI is InChI=1S/C32H50O10/c1-18(5-9-26(34)35)22-7-8-23-28-24(12-14-32(22,23)4)31(3)13-11-21(15-20(31)16-25(28)33)42-30(39)41-17-40-27(36)10-6-19(2)29(37)38/h18-25,28,33H,5-17H2,1-4H3,(H,34,35)(H,37,38)/t18-,19?,20+,21-,22?,23?,24?,25+,28?,31+,32-/m1/s1. The predicted octanol–water partition coefficient (Wildman–Crippen LogP) is 5.64. The van der Waals surface area contributed by atoms with Crippen molar-refractivity contribution in [2.75, 3.05) is 6.79 Å². The molecule has 238 valence electrons. The Bertz CT molecular complexity index is 1010. The Kier molecular flexibility index (Phi) is 10.2. The van der Waals surface area contributed by atoms with Gasteiger partial charge >= 0.3 is 24.1 Å². The molecule has 11 atom stereocenters. The largest absolute Gasteiger partial charge is 0.511 e. The summed E-state index contributed by atoms with van der Waals surface area (Å²) in [5.74, 6) is -0.847. The third kappa shape index (κ3) is 6.73. The fraction of sp³-hybridized carbons (Fsp3) is 0.875. The number of carbonyl (C=O) groups is 4. The van der Waals surface area contributed by atoms with Crippen LogP contribution >= 0.6 is 0 Å². The first-order valence-electron chi connectivity index (χ1n) is 15.9. The fourth-order valence-corrected chi connectivity index (χ4v) is 9.66. The highest BCUT2D eigenvalue weighted by atomic mass is 16.8. The van der Waals surface area contributed by atoms with Crippen molar-refractivity contribution in [1.29, 1.82) is 0 Å². The average molecular weight is 595 g/mol. The van der Waals surface area contributed by atoms with Gasteiger partial charge in [0.25, 0.3) is 0 Å². The number of hydrogen-bond donors (Lipinski definition) is 3. The molecule has 0 radical (unpaired) electrons. The molecule has 5 unspecified atom stereocenters. The van der Waals surface area contributed by atoms with E-state index in [9.17, 15) is 29.4 Å². The maximum Gasteiger partial charge on any atom is 0.511 e. The van der Waals surface area contributed by atoms with Crippen LogP contribution in [-0.2, 0) is 28.6 Å². The Hall–Kier alpha value is -2.36. The minimum Gasteiger partial charge on any atom is -0.481 e. The Balaban J connectivity index is 1.29. The molecule has 42 heavy (non-hydrogen) atoms. The van der Waals surface area contributed by atoms with E-state index in [-0.39, 0.29) is 48.0 Å². The topological polar surface area (TPSA) is 157 Å². The first-order chi connectivity index (χ1) is 19.8. The minimum absolute atomic E-state index is 0.0601. The number of rotatable bonds is 11. The Morgan fingerprint density at radius 2 is 1.55 bits per heavy atom. The molecule has 0 spiro atoms. The van der Waals surface area contributed by atoms with Gasteiger partial charge in [-0.2, -0.15) is 0 Å². The van der Waals surface area contributed by atoms with E-state index < -0.39 is 42.9 Å². The molecule has 0 aromatic carbocycles. The van der Waals surface area contributed by atoms with Gasteiger partial charge in [0, 0.05) is 12.8 Å². The Morgan fingerprint density at radius 3 is 2.24 bits per heavy atom. The predicted molar refractivity (Wildman–Crippen MR) is 151 cm³/mol. The van der Waals surface area contributed by atoms with Gasteiger partial charge in [0.1, 0.15) is 6.10 Å². The van der Waals surface area contributed by atoms with Crippen LogP contribution in [0, 0.1) is 52.3 Å². The summed E-state index contributed by atoms with van der Waals surface area (Å²) < 4.78 is 15.4. The van der Waals surface area contributed by atoms with Crippen LogP contribution in [0.15, 0.2) is 0 Å². The van der Waals surface area contributed by atoms with Gasteiger partial charge in [0.15, 0.2) is 0 Å². The number of aliphatic carboxylic acids is 2. The normalized spacial score (nSPS) is 38.6. The number of fused-ring (bicyclic) bond motifs is 5. The molecule has 4 rings (SSSR count). The van der Waals surface area contributed by atoms with Crippen LogP contribution in [0.3, 0.4) is 0 Å². The zero-order valence-corrected chi connectivity index (χ0v) is 25.6. The number of hydrogen-bond acceptors (Lipinski definition) is 8. The summed E-state index contributed by atoms with van der Waals surface area (Å²) in [6, 6.07) is 0. The van der Waals surface area contributed by atoms with Gasteiger partial charge in [0.2, 0.25) is 6.79 Å². The molecular weight excluding hydrogens is 544 g/mol. The quantitative estimate of drug-likeness (QED) is 0.202. The molecule has 0 amide bonds. The maximum atomic E-state index is 12.3. The van der Waals surface area contributed by atoms with E-state index >= 15 is 0 Å². The summed E-state index contributed by atoms with van der Waals surface area (Å²) in [5, 5.41) is 29.7. The molecule has 0 saturated heterocycles. The number of carboxylic acids is 2. The molecule has 0 heterocycles. The minimum atomic E-state index is -0.985. The number of aliphatic hydroxyl groups excluding tert-OH is 1. The smallest absolute Gasteiger partial charge is 0.481 e. The van der Waals surface area contributed by atoms with Crippen LogP contribution in [0.5, 0.6) is 0 Å². The second-order valence-corrected chi connectivity index (χ2v) is 14.3.